The van der Waals surface area contributed by atoms with Crippen molar-refractivity contribution in [2.45, 2.75) is 31.2 Å². The van der Waals surface area contributed by atoms with Gasteiger partial charge in [-0.2, -0.15) is 4.31 Å². The second-order valence-electron chi connectivity index (χ2n) is 5.87. The van der Waals surface area contributed by atoms with Crippen molar-refractivity contribution in [2.75, 3.05) is 32.8 Å². The lowest BCUT2D eigenvalue weighted by molar-refractivity contribution is -0.131. The van der Waals surface area contributed by atoms with Gasteiger partial charge in [0.1, 0.15) is 0 Å². The first-order chi connectivity index (χ1) is 11.0. The molecule has 0 unspecified atom stereocenters. The maximum Gasteiger partial charge on any atom is 0.243 e. The van der Waals surface area contributed by atoms with E-state index in [9.17, 15) is 13.2 Å². The van der Waals surface area contributed by atoms with Gasteiger partial charge in [-0.3, -0.25) is 4.79 Å². The highest BCUT2D eigenvalue weighted by Crippen LogP contribution is 2.25. The lowest BCUT2D eigenvalue weighted by atomic mass is 10.00. The number of rotatable bonds is 3. The molecule has 23 heavy (non-hydrogen) atoms. The number of morpholine rings is 1. The predicted octanol–water partition coefficient (Wildman–Crippen LogP) is 1.00. The quantitative estimate of drug-likeness (QED) is 0.825. The zero-order valence-corrected chi connectivity index (χ0v) is 14.1. The number of hydrogen-bond donors (Lipinski definition) is 0. The van der Waals surface area contributed by atoms with Crippen LogP contribution in [-0.4, -0.2) is 56.4 Å². The van der Waals surface area contributed by atoms with Crippen LogP contribution in [0.4, 0.5) is 0 Å². The molecule has 1 aromatic carbocycles. The van der Waals surface area contributed by atoms with Gasteiger partial charge in [-0.05, 0) is 29.7 Å². The van der Waals surface area contributed by atoms with Gasteiger partial charge in [-0.25, -0.2) is 8.42 Å². The van der Waals surface area contributed by atoms with Crippen LogP contribution in [0.15, 0.2) is 23.1 Å². The highest BCUT2D eigenvalue weighted by atomic mass is 32.2. The lowest BCUT2D eigenvalue weighted by Gasteiger charge is -2.30. The summed E-state index contributed by atoms with van der Waals surface area (Å²) < 4.78 is 32.2. The van der Waals surface area contributed by atoms with E-state index in [0.29, 0.717) is 50.7 Å². The number of carbonyl (C=O) groups excluding carboxylic acids is 1. The van der Waals surface area contributed by atoms with Crippen LogP contribution in [0.1, 0.15) is 24.5 Å². The molecule has 2 aliphatic heterocycles. The lowest BCUT2D eigenvalue weighted by Crippen LogP contribution is -2.40. The van der Waals surface area contributed by atoms with Crippen LogP contribution < -0.4 is 0 Å². The minimum Gasteiger partial charge on any atom is -0.379 e. The summed E-state index contributed by atoms with van der Waals surface area (Å²) in [6, 6.07) is 5.30. The molecule has 126 valence electrons. The summed E-state index contributed by atoms with van der Waals surface area (Å²) in [5.41, 5.74) is 2.07. The van der Waals surface area contributed by atoms with Crippen LogP contribution in [-0.2, 0) is 32.5 Å². The predicted molar refractivity (Wildman–Crippen MR) is 85.4 cm³/mol. The minimum absolute atomic E-state index is 0.108. The van der Waals surface area contributed by atoms with Crippen LogP contribution in [0.2, 0.25) is 0 Å². The van der Waals surface area contributed by atoms with Crippen molar-refractivity contribution in [2.24, 2.45) is 0 Å². The Morgan fingerprint density at radius 3 is 2.61 bits per heavy atom. The second-order valence-corrected chi connectivity index (χ2v) is 7.80. The largest absolute Gasteiger partial charge is 0.379 e. The average molecular weight is 338 g/mol. The standard InChI is InChI=1S/C16H22N2O4S/c1-2-16(19)17-6-5-13-3-4-15(11-14(13)12-17)23(20,21)18-7-9-22-10-8-18/h3-4,11H,2,5-10,12H2,1H3. The van der Waals surface area contributed by atoms with Gasteiger partial charge in [-0.15, -0.1) is 0 Å². The highest BCUT2D eigenvalue weighted by molar-refractivity contribution is 7.89. The molecule has 7 heteroatoms. The first kappa shape index (κ1) is 16.4. The number of carbonyl (C=O) groups is 1. The van der Waals surface area contributed by atoms with Gasteiger partial charge in [0.2, 0.25) is 15.9 Å². The molecule has 2 aliphatic rings. The molecule has 0 saturated carbocycles. The Balaban J connectivity index is 1.87. The van der Waals surface area contributed by atoms with Crippen LogP contribution in [0, 0.1) is 0 Å². The smallest absolute Gasteiger partial charge is 0.243 e. The van der Waals surface area contributed by atoms with Gasteiger partial charge in [0, 0.05) is 32.6 Å². The van der Waals surface area contributed by atoms with E-state index in [0.717, 1.165) is 17.5 Å². The molecular formula is C16H22N2O4S. The van der Waals surface area contributed by atoms with Crippen molar-refractivity contribution in [3.8, 4) is 0 Å². The van der Waals surface area contributed by atoms with Crippen LogP contribution in [0.3, 0.4) is 0 Å². The molecule has 0 aliphatic carbocycles. The second kappa shape index (κ2) is 6.59. The van der Waals surface area contributed by atoms with Crippen LogP contribution in [0.5, 0.6) is 0 Å². The average Bonchev–Trinajstić information content (AvgIpc) is 2.60. The third-order valence-corrected chi connectivity index (χ3v) is 6.35. The van der Waals surface area contributed by atoms with E-state index in [1.165, 1.54) is 4.31 Å². The van der Waals surface area contributed by atoms with E-state index in [2.05, 4.69) is 0 Å². The molecule has 6 nitrogen and oxygen atoms in total. The van der Waals surface area contributed by atoms with E-state index in [4.69, 9.17) is 4.74 Å². The van der Waals surface area contributed by atoms with E-state index in [1.54, 1.807) is 17.0 Å². The fraction of sp³-hybridized carbons (Fsp3) is 0.562. The van der Waals surface area contributed by atoms with Crippen LogP contribution in [0.25, 0.3) is 0 Å². The number of amides is 1. The molecule has 1 saturated heterocycles. The summed E-state index contributed by atoms with van der Waals surface area (Å²) in [6.07, 6.45) is 1.25. The van der Waals surface area contributed by atoms with E-state index >= 15 is 0 Å². The zero-order valence-electron chi connectivity index (χ0n) is 13.3. The van der Waals surface area contributed by atoms with Gasteiger partial charge in [-0.1, -0.05) is 13.0 Å². The number of hydrogen-bond acceptors (Lipinski definition) is 4. The molecule has 0 spiro atoms. The van der Waals surface area contributed by atoms with Crippen molar-refractivity contribution in [1.29, 1.82) is 0 Å². The molecule has 0 aromatic heterocycles. The highest BCUT2D eigenvalue weighted by Gasteiger charge is 2.28. The molecule has 1 amide bonds. The molecule has 2 heterocycles. The molecule has 1 aromatic rings. The van der Waals surface area contributed by atoms with Gasteiger partial charge in [0.25, 0.3) is 0 Å². The van der Waals surface area contributed by atoms with E-state index < -0.39 is 10.0 Å². The molecule has 0 radical (unpaired) electrons. The Hall–Kier alpha value is -1.44. The summed E-state index contributed by atoms with van der Waals surface area (Å²) in [7, 11) is -3.49. The maximum absolute atomic E-state index is 12.7. The summed E-state index contributed by atoms with van der Waals surface area (Å²) in [6.45, 7) is 4.69. The molecule has 3 rings (SSSR count). The fourth-order valence-electron chi connectivity index (χ4n) is 3.07. The normalized spacial score (nSPS) is 19.4. The van der Waals surface area contributed by atoms with Crippen molar-refractivity contribution in [3.05, 3.63) is 29.3 Å². The molecule has 0 bridgehead atoms. The summed E-state index contributed by atoms with van der Waals surface area (Å²) in [5, 5.41) is 0. The molecule has 0 N–H and O–H groups in total. The Bertz CT molecular complexity index is 696. The summed E-state index contributed by atoms with van der Waals surface area (Å²) in [5.74, 6) is 0.108. The minimum atomic E-state index is -3.49. The number of sulfonamides is 1. The SMILES string of the molecule is CCC(=O)N1CCc2ccc(S(=O)(=O)N3CCOCC3)cc2C1. The van der Waals surface area contributed by atoms with Gasteiger partial charge in [0.05, 0.1) is 18.1 Å². The Morgan fingerprint density at radius 2 is 1.91 bits per heavy atom. The monoisotopic (exact) mass is 338 g/mol. The van der Waals surface area contributed by atoms with Crippen molar-refractivity contribution in [3.63, 3.8) is 0 Å². The van der Waals surface area contributed by atoms with Crippen LogP contribution >= 0.6 is 0 Å². The number of fused-ring (bicyclic) bond motifs is 1. The maximum atomic E-state index is 12.7. The first-order valence-corrected chi connectivity index (χ1v) is 9.44. The van der Waals surface area contributed by atoms with Gasteiger partial charge < -0.3 is 9.64 Å². The number of ether oxygens (including phenoxy) is 1. The third kappa shape index (κ3) is 3.27. The van der Waals surface area contributed by atoms with E-state index in [-0.39, 0.29) is 5.91 Å². The first-order valence-electron chi connectivity index (χ1n) is 8.00. The summed E-state index contributed by atoms with van der Waals surface area (Å²) >= 11 is 0. The topological polar surface area (TPSA) is 66.9 Å². The molecule has 1 fully saturated rings. The van der Waals surface area contributed by atoms with Gasteiger partial charge in [0.15, 0.2) is 0 Å². The third-order valence-electron chi connectivity index (χ3n) is 4.45. The number of benzene rings is 1. The molecular weight excluding hydrogens is 316 g/mol. The molecule has 0 atom stereocenters. The van der Waals surface area contributed by atoms with Gasteiger partial charge >= 0.3 is 0 Å². The Labute approximate surface area is 137 Å². The number of nitrogens with zero attached hydrogens (tertiary/aromatic N) is 2. The summed E-state index contributed by atoms with van der Waals surface area (Å²) in [4.78, 5) is 14.0. The van der Waals surface area contributed by atoms with Crippen molar-refractivity contribution >= 4 is 15.9 Å². The fourth-order valence-corrected chi connectivity index (χ4v) is 4.53. The van der Waals surface area contributed by atoms with Crippen molar-refractivity contribution < 1.29 is 17.9 Å². The zero-order chi connectivity index (χ0) is 16.4. The van der Waals surface area contributed by atoms with E-state index in [1.807, 2.05) is 13.0 Å². The van der Waals surface area contributed by atoms with Crippen molar-refractivity contribution in [1.82, 2.24) is 9.21 Å². The Kier molecular flexibility index (Phi) is 4.70. The Morgan fingerprint density at radius 1 is 1.17 bits per heavy atom.